The first-order valence-corrected chi connectivity index (χ1v) is 10.2. The highest BCUT2D eigenvalue weighted by Crippen LogP contribution is 2.28. The average molecular weight is 397 g/mol. The number of carbonyl (C=O) groups is 2. The van der Waals surface area contributed by atoms with Crippen molar-refractivity contribution < 1.29 is 14.0 Å². The van der Waals surface area contributed by atoms with Crippen molar-refractivity contribution in [2.24, 2.45) is 0 Å². The van der Waals surface area contributed by atoms with Crippen LogP contribution in [0.15, 0.2) is 48.5 Å². The van der Waals surface area contributed by atoms with Gasteiger partial charge in [-0.2, -0.15) is 0 Å². The van der Waals surface area contributed by atoms with Gasteiger partial charge in [-0.3, -0.25) is 14.5 Å². The topological polar surface area (TPSA) is 52.7 Å². The Labute approximate surface area is 171 Å². The normalized spacial score (nSPS) is 13.4. The van der Waals surface area contributed by atoms with Gasteiger partial charge in [-0.15, -0.1) is 0 Å². The number of hydrogen-bond acceptors (Lipinski definition) is 3. The second kappa shape index (κ2) is 9.65. The lowest BCUT2D eigenvalue weighted by Gasteiger charge is -2.22. The van der Waals surface area contributed by atoms with Crippen LogP contribution in [0.1, 0.15) is 42.6 Å². The molecule has 154 valence electrons. The first kappa shape index (κ1) is 21.0. The fourth-order valence-corrected chi connectivity index (χ4v) is 3.37. The smallest absolute Gasteiger partial charge is 0.253 e. The summed E-state index contributed by atoms with van der Waals surface area (Å²) in [5.41, 5.74) is 1.85. The first-order chi connectivity index (χ1) is 14.0. The summed E-state index contributed by atoms with van der Waals surface area (Å²) in [7, 11) is 0. The molecule has 1 fully saturated rings. The van der Waals surface area contributed by atoms with E-state index in [2.05, 4.69) is 5.32 Å². The van der Waals surface area contributed by atoms with Gasteiger partial charge < -0.3 is 10.2 Å². The van der Waals surface area contributed by atoms with Crippen LogP contribution in [-0.4, -0.2) is 47.3 Å². The molecule has 3 rings (SSSR count). The van der Waals surface area contributed by atoms with Crippen molar-refractivity contribution in [3.05, 3.63) is 65.5 Å². The summed E-state index contributed by atoms with van der Waals surface area (Å²) in [4.78, 5) is 28.7. The van der Waals surface area contributed by atoms with E-state index in [1.807, 2.05) is 24.8 Å². The monoisotopic (exact) mass is 397 g/mol. The molecule has 0 atom stereocenters. The van der Waals surface area contributed by atoms with Crippen LogP contribution in [-0.2, 0) is 11.3 Å². The number of nitrogens with zero attached hydrogens (tertiary/aromatic N) is 2. The predicted molar refractivity (Wildman–Crippen MR) is 112 cm³/mol. The molecular formula is C23H28FN3O2. The number of carbonyl (C=O) groups excluding carboxylic acids is 2. The average Bonchev–Trinajstić information content (AvgIpc) is 3.56. The van der Waals surface area contributed by atoms with E-state index in [1.54, 1.807) is 41.3 Å². The molecule has 2 aromatic carbocycles. The summed E-state index contributed by atoms with van der Waals surface area (Å²) in [6, 6.07) is 14.0. The largest absolute Gasteiger partial charge is 0.339 e. The minimum atomic E-state index is -0.244. The molecule has 5 nitrogen and oxygen atoms in total. The Morgan fingerprint density at radius 2 is 1.69 bits per heavy atom. The zero-order valence-electron chi connectivity index (χ0n) is 17.0. The lowest BCUT2D eigenvalue weighted by Crippen LogP contribution is -2.34. The van der Waals surface area contributed by atoms with Crippen molar-refractivity contribution in [3.8, 4) is 0 Å². The Bertz CT molecular complexity index is 845. The van der Waals surface area contributed by atoms with Gasteiger partial charge in [0, 0.05) is 42.5 Å². The van der Waals surface area contributed by atoms with Gasteiger partial charge in [0.05, 0.1) is 6.54 Å². The van der Waals surface area contributed by atoms with E-state index in [9.17, 15) is 14.0 Å². The Kier molecular flexibility index (Phi) is 6.99. The Morgan fingerprint density at radius 3 is 2.28 bits per heavy atom. The van der Waals surface area contributed by atoms with Crippen LogP contribution in [0.2, 0.25) is 0 Å². The van der Waals surface area contributed by atoms with Crippen LogP contribution in [0, 0.1) is 5.82 Å². The molecule has 0 radical (unpaired) electrons. The molecule has 0 heterocycles. The maximum Gasteiger partial charge on any atom is 0.253 e. The third-order valence-corrected chi connectivity index (χ3v) is 5.21. The SMILES string of the molecule is CCN(CC)C(=O)c1ccc(NC(=O)CN(Cc2ccccc2F)C2CC2)cc1. The molecule has 0 unspecified atom stereocenters. The quantitative estimate of drug-likeness (QED) is 0.698. The molecule has 0 saturated heterocycles. The molecule has 2 aromatic rings. The van der Waals surface area contributed by atoms with Crippen molar-refractivity contribution in [1.82, 2.24) is 9.80 Å². The molecule has 0 spiro atoms. The van der Waals surface area contributed by atoms with E-state index in [0.717, 1.165) is 12.8 Å². The van der Waals surface area contributed by atoms with Crippen LogP contribution in [0.3, 0.4) is 0 Å². The van der Waals surface area contributed by atoms with Crippen LogP contribution in [0.25, 0.3) is 0 Å². The Morgan fingerprint density at radius 1 is 1.03 bits per heavy atom. The number of anilines is 1. The molecule has 1 N–H and O–H groups in total. The Balaban J connectivity index is 1.59. The van der Waals surface area contributed by atoms with Crippen LogP contribution in [0.4, 0.5) is 10.1 Å². The standard InChI is InChI=1S/C23H28FN3O2/c1-3-26(4-2)23(29)17-9-11-19(12-10-17)25-22(28)16-27(20-13-14-20)15-18-7-5-6-8-21(18)24/h5-12,20H,3-4,13-16H2,1-2H3,(H,25,28). The molecule has 1 aliphatic carbocycles. The van der Waals surface area contributed by atoms with E-state index >= 15 is 0 Å². The van der Waals surface area contributed by atoms with Crippen LogP contribution >= 0.6 is 0 Å². The highest BCUT2D eigenvalue weighted by molar-refractivity contribution is 5.96. The lowest BCUT2D eigenvalue weighted by molar-refractivity contribution is -0.117. The summed E-state index contributed by atoms with van der Waals surface area (Å²) in [5, 5.41) is 2.88. The molecule has 0 aliphatic heterocycles. The van der Waals surface area contributed by atoms with E-state index < -0.39 is 0 Å². The van der Waals surface area contributed by atoms with E-state index in [0.29, 0.717) is 42.5 Å². The highest BCUT2D eigenvalue weighted by atomic mass is 19.1. The molecule has 0 aromatic heterocycles. The molecule has 1 aliphatic rings. The third-order valence-electron chi connectivity index (χ3n) is 5.21. The van der Waals surface area contributed by atoms with E-state index in [4.69, 9.17) is 0 Å². The fourth-order valence-electron chi connectivity index (χ4n) is 3.37. The molecule has 6 heteroatoms. The van der Waals surface area contributed by atoms with Crippen molar-refractivity contribution >= 4 is 17.5 Å². The number of benzene rings is 2. The first-order valence-electron chi connectivity index (χ1n) is 10.2. The second-order valence-corrected chi connectivity index (χ2v) is 7.33. The molecule has 0 bridgehead atoms. The van der Waals surface area contributed by atoms with Gasteiger partial charge in [-0.1, -0.05) is 18.2 Å². The maximum atomic E-state index is 14.0. The number of halogens is 1. The van der Waals surface area contributed by atoms with E-state index in [-0.39, 0.29) is 24.2 Å². The molecular weight excluding hydrogens is 369 g/mol. The maximum absolute atomic E-state index is 14.0. The van der Waals surface area contributed by atoms with Gasteiger partial charge in [0.2, 0.25) is 5.91 Å². The lowest BCUT2D eigenvalue weighted by atomic mass is 10.1. The number of amides is 2. The van der Waals surface area contributed by atoms with Crippen molar-refractivity contribution in [2.75, 3.05) is 25.0 Å². The molecule has 1 saturated carbocycles. The van der Waals surface area contributed by atoms with Crippen molar-refractivity contribution in [1.29, 1.82) is 0 Å². The minimum Gasteiger partial charge on any atom is -0.339 e. The third kappa shape index (κ3) is 5.64. The zero-order valence-corrected chi connectivity index (χ0v) is 17.0. The summed E-state index contributed by atoms with van der Waals surface area (Å²) >= 11 is 0. The molecule has 2 amide bonds. The van der Waals surface area contributed by atoms with Gasteiger partial charge in [-0.05, 0) is 57.0 Å². The predicted octanol–water partition coefficient (Wildman–Crippen LogP) is 3.91. The van der Waals surface area contributed by atoms with Gasteiger partial charge in [0.15, 0.2) is 0 Å². The van der Waals surface area contributed by atoms with Gasteiger partial charge in [0.1, 0.15) is 5.82 Å². The summed E-state index contributed by atoms with van der Waals surface area (Å²) in [6.45, 7) is 5.84. The van der Waals surface area contributed by atoms with Gasteiger partial charge in [0.25, 0.3) is 5.91 Å². The van der Waals surface area contributed by atoms with E-state index in [1.165, 1.54) is 6.07 Å². The summed E-state index contributed by atoms with van der Waals surface area (Å²) in [6.07, 6.45) is 2.06. The number of nitrogens with one attached hydrogen (secondary N) is 1. The van der Waals surface area contributed by atoms with Gasteiger partial charge >= 0.3 is 0 Å². The number of rotatable bonds is 9. The van der Waals surface area contributed by atoms with Crippen molar-refractivity contribution in [2.45, 2.75) is 39.3 Å². The second-order valence-electron chi connectivity index (χ2n) is 7.33. The van der Waals surface area contributed by atoms with Crippen molar-refractivity contribution in [3.63, 3.8) is 0 Å². The molecule has 29 heavy (non-hydrogen) atoms. The Hall–Kier alpha value is -2.73. The fraction of sp³-hybridized carbons (Fsp3) is 0.391. The van der Waals surface area contributed by atoms with Crippen LogP contribution < -0.4 is 5.32 Å². The van der Waals surface area contributed by atoms with Gasteiger partial charge in [-0.25, -0.2) is 4.39 Å². The summed E-state index contributed by atoms with van der Waals surface area (Å²) in [5.74, 6) is -0.402. The summed E-state index contributed by atoms with van der Waals surface area (Å²) < 4.78 is 14.0. The number of hydrogen-bond donors (Lipinski definition) is 1. The highest BCUT2D eigenvalue weighted by Gasteiger charge is 2.30. The minimum absolute atomic E-state index is 0.0160. The van der Waals surface area contributed by atoms with Crippen LogP contribution in [0.5, 0.6) is 0 Å². The zero-order chi connectivity index (χ0) is 20.8.